The van der Waals surface area contributed by atoms with E-state index in [-0.39, 0.29) is 11.6 Å². The number of aromatic nitrogens is 4. The van der Waals surface area contributed by atoms with E-state index in [2.05, 4.69) is 49.5 Å². The molecule has 2 saturated heterocycles. The van der Waals surface area contributed by atoms with Gasteiger partial charge >= 0.3 is 6.03 Å². The van der Waals surface area contributed by atoms with Crippen molar-refractivity contribution in [1.82, 2.24) is 29.4 Å². The first-order valence-corrected chi connectivity index (χ1v) is 13.1. The number of carbonyl (C=O) groups is 1. The number of benzene rings is 2. The smallest absolute Gasteiger partial charge is 0.321 e. The Balaban J connectivity index is 1.18. The maximum atomic E-state index is 14.8. The number of ether oxygens (including phenoxy) is 1. The average molecular weight is 516 g/mol. The number of halogens is 1. The van der Waals surface area contributed by atoms with Gasteiger partial charge in [-0.3, -0.25) is 4.90 Å². The number of anilines is 1. The summed E-state index contributed by atoms with van der Waals surface area (Å²) in [7, 11) is 0. The third-order valence-electron chi connectivity index (χ3n) is 7.14. The number of fused-ring (bicyclic) bond motifs is 1. The van der Waals surface area contributed by atoms with Crippen LogP contribution in [0.2, 0.25) is 0 Å². The molecule has 2 aliphatic rings. The van der Waals surface area contributed by atoms with E-state index in [0.29, 0.717) is 22.9 Å². The summed E-state index contributed by atoms with van der Waals surface area (Å²) in [5.41, 5.74) is 4.12. The van der Waals surface area contributed by atoms with Gasteiger partial charge in [0, 0.05) is 49.5 Å². The molecule has 0 aliphatic carbocycles. The maximum absolute atomic E-state index is 14.8. The topological polar surface area (TPSA) is 87.9 Å². The van der Waals surface area contributed by atoms with Crippen molar-refractivity contribution in [3.05, 3.63) is 66.2 Å². The van der Waals surface area contributed by atoms with Crippen molar-refractivity contribution in [3.63, 3.8) is 0 Å². The SMILES string of the molecule is O=C(Nc1ccc(F)c(-c2cn3nc(-c4ccc(CCN5CCOCC5)cc4)cnc3n2)c1)N1CCCC1. The van der Waals surface area contributed by atoms with Crippen LogP contribution in [0.3, 0.4) is 0 Å². The summed E-state index contributed by atoms with van der Waals surface area (Å²) >= 11 is 0. The normalized spacial score (nSPS) is 16.3. The molecule has 0 saturated carbocycles. The third kappa shape index (κ3) is 5.36. The molecule has 2 aliphatic heterocycles. The van der Waals surface area contributed by atoms with E-state index in [1.165, 1.54) is 11.6 Å². The van der Waals surface area contributed by atoms with Crippen molar-refractivity contribution in [2.24, 2.45) is 0 Å². The fourth-order valence-electron chi connectivity index (χ4n) is 4.92. The Morgan fingerprint density at radius 2 is 1.79 bits per heavy atom. The maximum Gasteiger partial charge on any atom is 0.321 e. The van der Waals surface area contributed by atoms with Crippen LogP contribution in [-0.2, 0) is 11.2 Å². The van der Waals surface area contributed by atoms with Crippen molar-refractivity contribution in [1.29, 1.82) is 0 Å². The molecule has 2 aromatic heterocycles. The second-order valence-electron chi connectivity index (χ2n) is 9.73. The van der Waals surface area contributed by atoms with Crippen LogP contribution in [0.5, 0.6) is 0 Å². The summed E-state index contributed by atoms with van der Waals surface area (Å²) in [5.74, 6) is -0.0581. The van der Waals surface area contributed by atoms with Crippen LogP contribution in [0.25, 0.3) is 28.3 Å². The van der Waals surface area contributed by atoms with Crippen LogP contribution in [-0.4, -0.2) is 81.4 Å². The predicted molar refractivity (Wildman–Crippen MR) is 142 cm³/mol. The highest BCUT2D eigenvalue weighted by atomic mass is 19.1. The molecule has 4 heterocycles. The molecule has 0 spiro atoms. The van der Waals surface area contributed by atoms with E-state index in [1.54, 1.807) is 33.9 Å². The number of rotatable bonds is 6. The lowest BCUT2D eigenvalue weighted by Gasteiger charge is -2.26. The fraction of sp³-hybridized carbons (Fsp3) is 0.357. The van der Waals surface area contributed by atoms with Crippen molar-refractivity contribution in [2.75, 3.05) is 51.3 Å². The molecule has 0 bridgehead atoms. The van der Waals surface area contributed by atoms with E-state index < -0.39 is 5.82 Å². The summed E-state index contributed by atoms with van der Waals surface area (Å²) in [5, 5.41) is 7.53. The Morgan fingerprint density at radius 1 is 1.00 bits per heavy atom. The second kappa shape index (κ2) is 10.8. The first kappa shape index (κ1) is 24.4. The highest BCUT2D eigenvalue weighted by molar-refractivity contribution is 5.90. The molecule has 10 heteroatoms. The largest absolute Gasteiger partial charge is 0.379 e. The number of urea groups is 1. The van der Waals surface area contributed by atoms with Crippen LogP contribution in [0.1, 0.15) is 18.4 Å². The van der Waals surface area contributed by atoms with Crippen LogP contribution < -0.4 is 5.32 Å². The van der Waals surface area contributed by atoms with Crippen LogP contribution >= 0.6 is 0 Å². The standard InChI is InChI=1S/C28H30FN7O2/c29-24-8-7-22(31-28(37)35-10-1-2-11-35)17-23(24)26-19-36-27(32-26)30-18-25(33-36)21-5-3-20(4-6-21)9-12-34-13-15-38-16-14-34/h3-8,17-19H,1-2,9-16H2,(H,31,37). The molecule has 6 rings (SSSR count). The molecule has 9 nitrogen and oxygen atoms in total. The molecule has 2 fully saturated rings. The molecule has 0 atom stereocenters. The molecule has 196 valence electrons. The van der Waals surface area contributed by atoms with Crippen molar-refractivity contribution >= 4 is 17.5 Å². The number of likely N-dealkylation sites (tertiary alicyclic amines) is 1. The third-order valence-corrected chi connectivity index (χ3v) is 7.14. The van der Waals surface area contributed by atoms with E-state index in [9.17, 15) is 9.18 Å². The quantitative estimate of drug-likeness (QED) is 0.416. The Labute approximate surface area is 220 Å². The van der Waals surface area contributed by atoms with Crippen molar-refractivity contribution in [2.45, 2.75) is 19.3 Å². The van der Waals surface area contributed by atoms with Gasteiger partial charge in [0.2, 0.25) is 0 Å². The van der Waals surface area contributed by atoms with Crippen LogP contribution in [0.4, 0.5) is 14.9 Å². The first-order chi connectivity index (χ1) is 18.6. The van der Waals surface area contributed by atoms with Gasteiger partial charge in [-0.1, -0.05) is 24.3 Å². The van der Waals surface area contributed by atoms with Crippen molar-refractivity contribution < 1.29 is 13.9 Å². The summed E-state index contributed by atoms with van der Waals surface area (Å²) in [4.78, 5) is 25.6. The number of nitrogens with zero attached hydrogens (tertiary/aromatic N) is 6. The van der Waals surface area contributed by atoms with Gasteiger partial charge in [-0.05, 0) is 43.0 Å². The van der Waals surface area contributed by atoms with Crippen LogP contribution in [0, 0.1) is 5.82 Å². The van der Waals surface area contributed by atoms with Gasteiger partial charge in [-0.15, -0.1) is 0 Å². The fourth-order valence-corrected chi connectivity index (χ4v) is 4.92. The van der Waals surface area contributed by atoms with E-state index in [4.69, 9.17) is 4.74 Å². The number of amides is 2. The lowest BCUT2D eigenvalue weighted by Crippen LogP contribution is -2.37. The zero-order valence-electron chi connectivity index (χ0n) is 21.1. The van der Waals surface area contributed by atoms with E-state index >= 15 is 0 Å². The number of nitrogens with one attached hydrogen (secondary N) is 1. The van der Waals surface area contributed by atoms with Gasteiger partial charge in [-0.2, -0.15) is 5.10 Å². The molecule has 4 aromatic rings. The first-order valence-electron chi connectivity index (χ1n) is 13.1. The van der Waals surface area contributed by atoms with E-state index in [0.717, 1.165) is 70.8 Å². The number of imidazole rings is 1. The van der Waals surface area contributed by atoms with Crippen molar-refractivity contribution in [3.8, 4) is 22.5 Å². The predicted octanol–water partition coefficient (Wildman–Crippen LogP) is 4.10. The summed E-state index contributed by atoms with van der Waals surface area (Å²) in [6.07, 6.45) is 6.33. The van der Waals surface area contributed by atoms with Crippen LogP contribution in [0.15, 0.2) is 54.9 Å². The molecular formula is C28H30FN7O2. The molecule has 0 radical (unpaired) electrons. The summed E-state index contributed by atoms with van der Waals surface area (Å²) < 4.78 is 21.7. The average Bonchev–Trinajstić information content (AvgIpc) is 3.64. The highest BCUT2D eigenvalue weighted by Crippen LogP contribution is 2.26. The van der Waals surface area contributed by atoms with E-state index in [1.807, 2.05) is 0 Å². The highest BCUT2D eigenvalue weighted by Gasteiger charge is 2.19. The number of carbonyl (C=O) groups excluding carboxylic acids is 1. The molecule has 1 N–H and O–H groups in total. The lowest BCUT2D eigenvalue weighted by atomic mass is 10.1. The van der Waals surface area contributed by atoms with Gasteiger partial charge in [0.25, 0.3) is 5.78 Å². The number of hydrogen-bond acceptors (Lipinski definition) is 6. The van der Waals surface area contributed by atoms with Gasteiger partial charge in [0.05, 0.1) is 31.3 Å². The summed E-state index contributed by atoms with van der Waals surface area (Å²) in [6, 6.07) is 12.7. The molecule has 2 aromatic carbocycles. The number of hydrogen-bond donors (Lipinski definition) is 1. The monoisotopic (exact) mass is 515 g/mol. The van der Waals surface area contributed by atoms with Gasteiger partial charge < -0.3 is 15.0 Å². The second-order valence-corrected chi connectivity index (χ2v) is 9.73. The molecule has 2 amide bonds. The zero-order chi connectivity index (χ0) is 25.9. The Bertz CT molecular complexity index is 1430. The van der Waals surface area contributed by atoms with Gasteiger partial charge in [0.1, 0.15) is 11.5 Å². The molecular weight excluding hydrogens is 485 g/mol. The minimum atomic E-state index is -0.430. The Hall–Kier alpha value is -3.89. The minimum Gasteiger partial charge on any atom is -0.379 e. The Morgan fingerprint density at radius 3 is 2.58 bits per heavy atom. The summed E-state index contributed by atoms with van der Waals surface area (Å²) in [6.45, 7) is 6.09. The Kier molecular flexibility index (Phi) is 6.98. The zero-order valence-corrected chi connectivity index (χ0v) is 21.1. The lowest BCUT2D eigenvalue weighted by molar-refractivity contribution is 0.0384. The molecule has 38 heavy (non-hydrogen) atoms. The molecule has 0 unspecified atom stereocenters. The number of morpholine rings is 1. The van der Waals surface area contributed by atoms with Gasteiger partial charge in [0.15, 0.2) is 0 Å². The minimum absolute atomic E-state index is 0.171. The van der Waals surface area contributed by atoms with Gasteiger partial charge in [-0.25, -0.2) is 23.7 Å².